The second-order valence-corrected chi connectivity index (χ2v) is 7.18. The summed E-state index contributed by atoms with van der Waals surface area (Å²) < 4.78 is 0. The number of nitrogens with zero attached hydrogens (tertiary/aromatic N) is 2. The molecule has 1 aliphatic heterocycles. The molecule has 0 aliphatic carbocycles. The lowest BCUT2D eigenvalue weighted by Gasteiger charge is -2.53. The minimum atomic E-state index is -1.60. The molecule has 3 amide bonds. The Bertz CT molecular complexity index is 933. The highest BCUT2D eigenvalue weighted by Gasteiger charge is 2.66. The summed E-state index contributed by atoms with van der Waals surface area (Å²) in [6, 6.07) is 11.5. The summed E-state index contributed by atoms with van der Waals surface area (Å²) in [6.45, 7) is 3.44. The molecule has 0 unspecified atom stereocenters. The van der Waals surface area contributed by atoms with Crippen LogP contribution in [0.1, 0.15) is 37.4 Å². The molecule has 3 atom stereocenters. The van der Waals surface area contributed by atoms with Crippen molar-refractivity contribution in [1.82, 2.24) is 15.2 Å². The van der Waals surface area contributed by atoms with E-state index in [1.165, 1.54) is 6.20 Å². The van der Waals surface area contributed by atoms with Gasteiger partial charge in [-0.15, -0.1) is 0 Å². The molecule has 4 N–H and O–H groups in total. The van der Waals surface area contributed by atoms with E-state index >= 15 is 0 Å². The van der Waals surface area contributed by atoms with Crippen LogP contribution in [0.15, 0.2) is 48.7 Å². The fraction of sp³-hybridized carbons (Fsp3) is 0.333. The Morgan fingerprint density at radius 3 is 2.59 bits per heavy atom. The first kappa shape index (κ1) is 20.3. The normalized spacial score (nSPS) is 21.9. The third-order valence-electron chi connectivity index (χ3n) is 5.53. The predicted molar refractivity (Wildman–Crippen MR) is 107 cm³/mol. The van der Waals surface area contributed by atoms with Crippen LogP contribution < -0.4 is 11.1 Å². The van der Waals surface area contributed by atoms with Gasteiger partial charge in [0, 0.05) is 6.20 Å². The van der Waals surface area contributed by atoms with Gasteiger partial charge in [-0.1, -0.05) is 37.3 Å². The molecular formula is C21H24N4O4. The fourth-order valence-electron chi connectivity index (χ4n) is 3.92. The van der Waals surface area contributed by atoms with E-state index in [1.54, 1.807) is 26.0 Å². The van der Waals surface area contributed by atoms with Gasteiger partial charge in [0.15, 0.2) is 5.54 Å². The number of amides is 3. The monoisotopic (exact) mass is 396 g/mol. The number of nitrogens with two attached hydrogens (primary N) is 1. The number of hydrogen-bond donors (Lipinski definition) is 3. The third kappa shape index (κ3) is 3.53. The number of carboxylic acid groups (broad SMARTS) is 1. The van der Waals surface area contributed by atoms with E-state index in [-0.39, 0.29) is 24.7 Å². The maximum absolute atomic E-state index is 12.9. The number of imide groups is 1. The molecule has 3 rings (SSSR count). The highest BCUT2D eigenvalue weighted by molar-refractivity contribution is 6.10. The Labute approximate surface area is 168 Å². The van der Waals surface area contributed by atoms with Gasteiger partial charge in [0.05, 0.1) is 12.0 Å². The van der Waals surface area contributed by atoms with Crippen LogP contribution in [0.3, 0.4) is 0 Å². The van der Waals surface area contributed by atoms with Gasteiger partial charge in [0.1, 0.15) is 5.82 Å². The summed E-state index contributed by atoms with van der Waals surface area (Å²) in [5.74, 6) is -2.28. The quantitative estimate of drug-likeness (QED) is 0.644. The number of pyridine rings is 1. The molecular weight excluding hydrogens is 372 g/mol. The average Bonchev–Trinajstić information content (AvgIpc) is 2.70. The molecule has 0 bridgehead atoms. The number of carbonyl (C=O) groups is 3. The minimum Gasteiger partial charge on any atom is -0.479 e. The van der Waals surface area contributed by atoms with E-state index in [0.29, 0.717) is 5.56 Å². The predicted octanol–water partition coefficient (Wildman–Crippen LogP) is 2.37. The zero-order valence-corrected chi connectivity index (χ0v) is 16.3. The molecule has 1 aromatic heterocycles. The van der Waals surface area contributed by atoms with Gasteiger partial charge in [-0.2, -0.15) is 0 Å². The van der Waals surface area contributed by atoms with Crippen molar-refractivity contribution in [2.45, 2.75) is 38.3 Å². The standard InChI is InChI=1S/C21H24N4O4/c1-3-21(19(27)28)16(11-14-9-10-23-17(22)12-14)18(26)25(21)20(29)24-13(2)15-7-5-4-6-8-15/h4-10,12-13,16H,3,11H2,1-2H3,(H2,22,23)(H,24,29)(H,27,28)/t13-,16+,21+/m1/s1. The molecule has 1 aliphatic rings. The van der Waals surface area contributed by atoms with Crippen molar-refractivity contribution in [3.05, 3.63) is 59.8 Å². The molecule has 1 aromatic carbocycles. The molecule has 0 spiro atoms. The average molecular weight is 396 g/mol. The minimum absolute atomic E-state index is 0.104. The van der Waals surface area contributed by atoms with Crippen molar-refractivity contribution in [2.24, 2.45) is 5.92 Å². The number of β-lactam (4-membered cyclic amide) rings is 1. The molecule has 8 heteroatoms. The number of benzene rings is 1. The second kappa shape index (κ2) is 7.90. The fourth-order valence-corrected chi connectivity index (χ4v) is 3.92. The van der Waals surface area contributed by atoms with Crippen LogP contribution in [0, 0.1) is 5.92 Å². The number of rotatable bonds is 6. The number of carboxylic acids is 1. The van der Waals surface area contributed by atoms with Crippen LogP contribution in [0.5, 0.6) is 0 Å². The SMILES string of the molecule is CC[C@@]1(C(=O)O)[C@@H](Cc2ccnc(N)c2)C(=O)N1C(=O)N[C@H](C)c1ccccc1. The zero-order chi connectivity index (χ0) is 21.2. The van der Waals surface area contributed by atoms with Crippen molar-refractivity contribution in [3.8, 4) is 0 Å². The van der Waals surface area contributed by atoms with Crippen LogP contribution in [-0.2, 0) is 16.0 Å². The summed E-state index contributed by atoms with van der Waals surface area (Å²) in [7, 11) is 0. The van der Waals surface area contributed by atoms with Crippen LogP contribution >= 0.6 is 0 Å². The first-order valence-corrected chi connectivity index (χ1v) is 9.44. The number of nitrogens with one attached hydrogen (secondary N) is 1. The molecule has 8 nitrogen and oxygen atoms in total. The van der Waals surface area contributed by atoms with E-state index < -0.39 is 29.4 Å². The number of aromatic nitrogens is 1. The highest BCUT2D eigenvalue weighted by Crippen LogP contribution is 2.43. The summed E-state index contributed by atoms with van der Waals surface area (Å²) in [5.41, 5.74) is 5.64. The Morgan fingerprint density at radius 2 is 2.00 bits per heavy atom. The number of aliphatic carboxylic acids is 1. The topological polar surface area (TPSA) is 126 Å². The van der Waals surface area contributed by atoms with E-state index in [2.05, 4.69) is 10.3 Å². The van der Waals surface area contributed by atoms with Gasteiger partial charge in [0.2, 0.25) is 5.91 Å². The first-order valence-electron chi connectivity index (χ1n) is 9.44. The summed E-state index contributed by atoms with van der Waals surface area (Å²) in [6.07, 6.45) is 1.78. The molecule has 2 heterocycles. The van der Waals surface area contributed by atoms with Crippen LogP contribution in [0.4, 0.5) is 10.6 Å². The van der Waals surface area contributed by atoms with E-state index in [0.717, 1.165) is 10.5 Å². The van der Waals surface area contributed by atoms with E-state index in [9.17, 15) is 19.5 Å². The van der Waals surface area contributed by atoms with Crippen molar-refractivity contribution >= 4 is 23.7 Å². The van der Waals surface area contributed by atoms with Crippen molar-refractivity contribution in [3.63, 3.8) is 0 Å². The molecule has 2 aromatic rings. The van der Waals surface area contributed by atoms with Gasteiger partial charge in [-0.05, 0) is 43.0 Å². The maximum atomic E-state index is 12.9. The van der Waals surface area contributed by atoms with Gasteiger partial charge in [0.25, 0.3) is 0 Å². The molecule has 0 radical (unpaired) electrons. The lowest BCUT2D eigenvalue weighted by atomic mass is 9.68. The first-order chi connectivity index (χ1) is 13.8. The Balaban J connectivity index is 1.83. The summed E-state index contributed by atoms with van der Waals surface area (Å²) >= 11 is 0. The van der Waals surface area contributed by atoms with Crippen molar-refractivity contribution in [1.29, 1.82) is 0 Å². The molecule has 1 fully saturated rings. The van der Waals surface area contributed by atoms with Crippen LogP contribution in [-0.4, -0.2) is 38.4 Å². The number of carbonyl (C=O) groups excluding carboxylic acids is 2. The smallest absolute Gasteiger partial charge is 0.331 e. The Hall–Kier alpha value is -3.42. The van der Waals surface area contributed by atoms with Gasteiger partial charge < -0.3 is 16.2 Å². The third-order valence-corrected chi connectivity index (χ3v) is 5.53. The zero-order valence-electron chi connectivity index (χ0n) is 16.3. The van der Waals surface area contributed by atoms with Crippen molar-refractivity contribution < 1.29 is 19.5 Å². The van der Waals surface area contributed by atoms with Crippen LogP contribution in [0.2, 0.25) is 0 Å². The van der Waals surface area contributed by atoms with Crippen LogP contribution in [0.25, 0.3) is 0 Å². The lowest BCUT2D eigenvalue weighted by Crippen LogP contribution is -2.77. The number of nitrogen functional groups attached to an aromatic ring is 1. The number of anilines is 1. The number of likely N-dealkylation sites (tertiary alicyclic amines) is 1. The Kier molecular flexibility index (Phi) is 5.54. The van der Waals surface area contributed by atoms with Gasteiger partial charge in [-0.25, -0.2) is 19.5 Å². The second-order valence-electron chi connectivity index (χ2n) is 7.18. The molecule has 152 valence electrons. The highest BCUT2D eigenvalue weighted by atomic mass is 16.4. The number of urea groups is 1. The van der Waals surface area contributed by atoms with E-state index in [1.807, 2.05) is 30.3 Å². The summed E-state index contributed by atoms with van der Waals surface area (Å²) in [5, 5.41) is 12.7. The van der Waals surface area contributed by atoms with Crippen molar-refractivity contribution in [2.75, 3.05) is 5.73 Å². The summed E-state index contributed by atoms with van der Waals surface area (Å²) in [4.78, 5) is 42.7. The van der Waals surface area contributed by atoms with Gasteiger partial charge in [-0.3, -0.25) is 4.79 Å². The van der Waals surface area contributed by atoms with Gasteiger partial charge >= 0.3 is 12.0 Å². The lowest BCUT2D eigenvalue weighted by molar-refractivity contribution is -0.181. The molecule has 1 saturated heterocycles. The largest absolute Gasteiger partial charge is 0.479 e. The molecule has 0 saturated carbocycles. The molecule has 29 heavy (non-hydrogen) atoms. The van der Waals surface area contributed by atoms with E-state index in [4.69, 9.17) is 5.73 Å². The number of hydrogen-bond acceptors (Lipinski definition) is 5. The Morgan fingerprint density at radius 1 is 1.31 bits per heavy atom. The maximum Gasteiger partial charge on any atom is 0.331 e.